The van der Waals surface area contributed by atoms with Crippen molar-refractivity contribution in [1.82, 2.24) is 10.6 Å². The molecule has 2 N–H and O–H groups in total. The fraction of sp³-hybridized carbons (Fsp3) is 0.423. The molecular weight excluding hydrogens is 402 g/mol. The second-order valence-electron chi connectivity index (χ2n) is 8.31. The van der Waals surface area contributed by atoms with Gasteiger partial charge in [0.15, 0.2) is 0 Å². The number of rotatable bonds is 10. The highest BCUT2D eigenvalue weighted by Gasteiger charge is 2.27. The van der Waals surface area contributed by atoms with Crippen LogP contribution in [0.3, 0.4) is 0 Å². The molecule has 0 spiro atoms. The van der Waals surface area contributed by atoms with Gasteiger partial charge in [0.2, 0.25) is 11.8 Å². The Labute approximate surface area is 190 Å². The Morgan fingerprint density at radius 1 is 0.969 bits per heavy atom. The van der Waals surface area contributed by atoms with E-state index in [2.05, 4.69) is 10.6 Å². The van der Waals surface area contributed by atoms with E-state index in [4.69, 9.17) is 10.00 Å². The Morgan fingerprint density at radius 3 is 2.38 bits per heavy atom. The Kier molecular flexibility index (Phi) is 9.12. The molecule has 1 atom stereocenters. The molecule has 2 aromatic carbocycles. The number of hydrogen-bond acceptors (Lipinski definition) is 4. The van der Waals surface area contributed by atoms with Crippen molar-refractivity contribution in [2.45, 2.75) is 57.6 Å². The molecule has 0 bridgehead atoms. The van der Waals surface area contributed by atoms with Crippen molar-refractivity contribution in [3.05, 3.63) is 65.7 Å². The summed E-state index contributed by atoms with van der Waals surface area (Å²) < 4.78 is 5.80. The molecule has 1 saturated carbocycles. The highest BCUT2D eigenvalue weighted by molar-refractivity contribution is 5.81. The van der Waals surface area contributed by atoms with E-state index >= 15 is 0 Å². The van der Waals surface area contributed by atoms with Crippen LogP contribution in [0, 0.1) is 17.2 Å². The first-order valence-electron chi connectivity index (χ1n) is 11.3. The van der Waals surface area contributed by atoms with Gasteiger partial charge < -0.3 is 15.4 Å². The van der Waals surface area contributed by atoms with Crippen LogP contribution in [0.1, 0.15) is 49.7 Å². The summed E-state index contributed by atoms with van der Waals surface area (Å²) in [6, 6.07) is 19.2. The lowest BCUT2D eigenvalue weighted by molar-refractivity contribution is -0.124. The predicted octanol–water partition coefficient (Wildman–Crippen LogP) is 3.90. The van der Waals surface area contributed by atoms with Gasteiger partial charge in [-0.25, -0.2) is 0 Å². The summed E-state index contributed by atoms with van der Waals surface area (Å²) in [6.45, 7) is 0.487. The molecule has 0 heterocycles. The van der Waals surface area contributed by atoms with Crippen LogP contribution in [-0.4, -0.2) is 24.4 Å². The number of carbonyl (C=O) groups is 2. The molecular formula is C26H31N3O3. The van der Waals surface area contributed by atoms with Gasteiger partial charge in [-0.2, -0.15) is 5.26 Å². The van der Waals surface area contributed by atoms with Gasteiger partial charge in [-0.05, 0) is 42.0 Å². The molecule has 168 valence electrons. The average molecular weight is 434 g/mol. The molecule has 6 heteroatoms. The molecule has 2 amide bonds. The van der Waals surface area contributed by atoms with E-state index in [-0.39, 0.29) is 37.2 Å². The summed E-state index contributed by atoms with van der Waals surface area (Å²) in [5.41, 5.74) is 1.99. The standard InChI is InChI=1S/C26H31N3O3/c27-15-16-28-25(30)18-24(22-9-5-2-6-10-22)29-26(31)17-20-11-13-23(14-12-20)32-19-21-7-3-1-4-8-21/h1,3-4,7-8,11-14,22,24H,2,5-6,9-10,16-19H2,(H,28,30)(H,29,31). The molecule has 0 aliphatic heterocycles. The van der Waals surface area contributed by atoms with E-state index in [0.717, 1.165) is 42.6 Å². The molecule has 1 aliphatic rings. The average Bonchev–Trinajstić information content (AvgIpc) is 2.83. The van der Waals surface area contributed by atoms with Crippen molar-refractivity contribution < 1.29 is 14.3 Å². The maximum absolute atomic E-state index is 12.7. The largest absolute Gasteiger partial charge is 0.489 e. The summed E-state index contributed by atoms with van der Waals surface area (Å²) in [6.07, 6.45) is 5.96. The van der Waals surface area contributed by atoms with Crippen molar-refractivity contribution in [3.8, 4) is 11.8 Å². The summed E-state index contributed by atoms with van der Waals surface area (Å²) in [5.74, 6) is 0.774. The van der Waals surface area contributed by atoms with Gasteiger partial charge in [-0.15, -0.1) is 0 Å². The van der Waals surface area contributed by atoms with E-state index in [0.29, 0.717) is 12.5 Å². The summed E-state index contributed by atoms with van der Waals surface area (Å²) in [5, 5.41) is 14.4. The molecule has 0 saturated heterocycles. The molecule has 0 aromatic heterocycles. The number of benzene rings is 2. The van der Waals surface area contributed by atoms with Crippen LogP contribution in [0.15, 0.2) is 54.6 Å². The number of carbonyl (C=O) groups excluding carboxylic acids is 2. The van der Waals surface area contributed by atoms with Crippen molar-refractivity contribution in [1.29, 1.82) is 5.26 Å². The Balaban J connectivity index is 1.52. The summed E-state index contributed by atoms with van der Waals surface area (Å²) in [4.78, 5) is 24.9. The van der Waals surface area contributed by atoms with Crippen molar-refractivity contribution in [2.75, 3.05) is 6.54 Å². The van der Waals surface area contributed by atoms with Crippen LogP contribution in [0.2, 0.25) is 0 Å². The summed E-state index contributed by atoms with van der Waals surface area (Å²) in [7, 11) is 0. The van der Waals surface area contributed by atoms with Crippen molar-refractivity contribution >= 4 is 11.8 Å². The SMILES string of the molecule is N#CCNC(=O)CC(NC(=O)Cc1ccc(OCc2ccccc2)cc1)C1CCCCC1. The van der Waals surface area contributed by atoms with Crippen LogP contribution in [0.4, 0.5) is 0 Å². The molecule has 2 aromatic rings. The van der Waals surface area contributed by atoms with E-state index in [1.807, 2.05) is 60.7 Å². The third-order valence-electron chi connectivity index (χ3n) is 5.87. The van der Waals surface area contributed by atoms with E-state index in [9.17, 15) is 9.59 Å². The van der Waals surface area contributed by atoms with Crippen LogP contribution in [-0.2, 0) is 22.6 Å². The molecule has 32 heavy (non-hydrogen) atoms. The topological polar surface area (TPSA) is 91.2 Å². The highest BCUT2D eigenvalue weighted by atomic mass is 16.5. The molecule has 3 rings (SSSR count). The Bertz CT molecular complexity index is 900. The van der Waals surface area contributed by atoms with Gasteiger partial charge in [-0.1, -0.05) is 61.7 Å². The third kappa shape index (κ3) is 7.73. The predicted molar refractivity (Wildman–Crippen MR) is 123 cm³/mol. The molecule has 0 radical (unpaired) electrons. The first-order chi connectivity index (χ1) is 15.6. The van der Waals surface area contributed by atoms with Gasteiger partial charge in [0.25, 0.3) is 0 Å². The van der Waals surface area contributed by atoms with Gasteiger partial charge in [0, 0.05) is 12.5 Å². The van der Waals surface area contributed by atoms with E-state index < -0.39 is 0 Å². The van der Waals surface area contributed by atoms with Crippen LogP contribution >= 0.6 is 0 Å². The summed E-state index contributed by atoms with van der Waals surface area (Å²) >= 11 is 0. The first-order valence-corrected chi connectivity index (χ1v) is 11.3. The number of amides is 2. The zero-order valence-corrected chi connectivity index (χ0v) is 18.4. The number of nitriles is 1. The van der Waals surface area contributed by atoms with Gasteiger partial charge in [0.1, 0.15) is 18.9 Å². The second kappa shape index (κ2) is 12.5. The van der Waals surface area contributed by atoms with Crippen molar-refractivity contribution in [3.63, 3.8) is 0 Å². The lowest BCUT2D eigenvalue weighted by Gasteiger charge is -2.30. The fourth-order valence-electron chi connectivity index (χ4n) is 4.17. The second-order valence-corrected chi connectivity index (χ2v) is 8.31. The van der Waals surface area contributed by atoms with Gasteiger partial charge in [0.05, 0.1) is 12.5 Å². The zero-order valence-electron chi connectivity index (χ0n) is 18.4. The molecule has 1 fully saturated rings. The Morgan fingerprint density at radius 2 is 1.69 bits per heavy atom. The fourth-order valence-corrected chi connectivity index (χ4v) is 4.17. The first kappa shape index (κ1) is 23.3. The normalized spacial score (nSPS) is 14.7. The minimum absolute atomic E-state index is 0.0111. The maximum atomic E-state index is 12.7. The quantitative estimate of drug-likeness (QED) is 0.556. The van der Waals surface area contributed by atoms with E-state index in [1.165, 1.54) is 6.42 Å². The molecule has 1 unspecified atom stereocenters. The lowest BCUT2D eigenvalue weighted by Crippen LogP contribution is -2.45. The lowest BCUT2D eigenvalue weighted by atomic mass is 9.82. The van der Waals surface area contributed by atoms with Crippen LogP contribution in [0.5, 0.6) is 5.75 Å². The number of nitrogens with one attached hydrogen (secondary N) is 2. The Hall–Kier alpha value is -3.33. The monoisotopic (exact) mass is 433 g/mol. The van der Waals surface area contributed by atoms with E-state index in [1.54, 1.807) is 0 Å². The minimum atomic E-state index is -0.199. The molecule has 6 nitrogen and oxygen atoms in total. The maximum Gasteiger partial charge on any atom is 0.224 e. The minimum Gasteiger partial charge on any atom is -0.489 e. The third-order valence-corrected chi connectivity index (χ3v) is 5.87. The number of ether oxygens (including phenoxy) is 1. The van der Waals surface area contributed by atoms with Crippen LogP contribution < -0.4 is 15.4 Å². The van der Waals surface area contributed by atoms with Gasteiger partial charge in [-0.3, -0.25) is 9.59 Å². The zero-order chi connectivity index (χ0) is 22.6. The van der Waals surface area contributed by atoms with Crippen molar-refractivity contribution in [2.24, 2.45) is 5.92 Å². The molecule has 1 aliphatic carbocycles. The van der Waals surface area contributed by atoms with Crippen LogP contribution in [0.25, 0.3) is 0 Å². The highest BCUT2D eigenvalue weighted by Crippen LogP contribution is 2.28. The van der Waals surface area contributed by atoms with Gasteiger partial charge >= 0.3 is 0 Å². The number of nitrogens with zero attached hydrogens (tertiary/aromatic N) is 1. The number of hydrogen-bond donors (Lipinski definition) is 2. The smallest absolute Gasteiger partial charge is 0.224 e.